The van der Waals surface area contributed by atoms with E-state index < -0.39 is 29.7 Å². The molecule has 1 saturated heterocycles. The van der Waals surface area contributed by atoms with Gasteiger partial charge in [0, 0.05) is 23.4 Å². The largest absolute Gasteiger partial charge is 0.448 e. The number of amides is 2. The zero-order valence-electron chi connectivity index (χ0n) is 17.1. The summed E-state index contributed by atoms with van der Waals surface area (Å²) in [7, 11) is 0. The highest BCUT2D eigenvalue weighted by atomic mass is 35.5. The molecule has 0 spiro atoms. The fourth-order valence-electron chi connectivity index (χ4n) is 3.93. The van der Waals surface area contributed by atoms with Crippen LogP contribution in [0, 0.1) is 11.6 Å². The van der Waals surface area contributed by atoms with E-state index in [1.54, 1.807) is 0 Å². The second-order valence-corrected chi connectivity index (χ2v) is 8.04. The quantitative estimate of drug-likeness (QED) is 0.628. The number of benzene rings is 2. The van der Waals surface area contributed by atoms with Crippen molar-refractivity contribution in [2.75, 3.05) is 31.7 Å². The van der Waals surface area contributed by atoms with Crippen LogP contribution in [-0.2, 0) is 15.9 Å². The summed E-state index contributed by atoms with van der Waals surface area (Å²) >= 11 is 5.76. The zero-order valence-corrected chi connectivity index (χ0v) is 17.8. The lowest BCUT2D eigenvalue weighted by Crippen LogP contribution is -2.45. The third-order valence-electron chi connectivity index (χ3n) is 5.46. The molecule has 2 aromatic carbocycles. The second kappa shape index (κ2) is 9.81. The maximum absolute atomic E-state index is 14.6. The molecule has 170 valence electrons. The van der Waals surface area contributed by atoms with Gasteiger partial charge < -0.3 is 25.4 Å². The van der Waals surface area contributed by atoms with Crippen molar-refractivity contribution in [2.24, 2.45) is 0 Å². The number of hydrogen-bond donors (Lipinski definition) is 3. The van der Waals surface area contributed by atoms with Crippen molar-refractivity contribution in [1.82, 2.24) is 10.6 Å². The van der Waals surface area contributed by atoms with Crippen LogP contribution in [0.15, 0.2) is 30.3 Å². The summed E-state index contributed by atoms with van der Waals surface area (Å²) in [6.45, 7) is 1.89. The van der Waals surface area contributed by atoms with E-state index in [1.807, 2.05) is 0 Å². The number of fused-ring (bicyclic) bond motifs is 1. The van der Waals surface area contributed by atoms with Crippen LogP contribution in [0.25, 0.3) is 0 Å². The first-order valence-electron chi connectivity index (χ1n) is 10.2. The first-order valence-corrected chi connectivity index (χ1v) is 10.6. The molecule has 3 N–H and O–H groups in total. The van der Waals surface area contributed by atoms with Gasteiger partial charge in [0.15, 0.2) is 0 Å². The molecule has 32 heavy (non-hydrogen) atoms. The van der Waals surface area contributed by atoms with Crippen molar-refractivity contribution in [3.05, 3.63) is 63.7 Å². The third kappa shape index (κ3) is 5.01. The number of rotatable bonds is 5. The van der Waals surface area contributed by atoms with Gasteiger partial charge in [0.05, 0.1) is 30.3 Å². The molecule has 0 unspecified atom stereocenters. The number of anilines is 1. The normalized spacial score (nSPS) is 19.8. The summed E-state index contributed by atoms with van der Waals surface area (Å²) in [6.07, 6.45) is 0.173. The lowest BCUT2D eigenvalue weighted by atomic mass is 10.0. The third-order valence-corrected chi connectivity index (χ3v) is 5.75. The van der Waals surface area contributed by atoms with Gasteiger partial charge in [-0.15, -0.1) is 0 Å². The monoisotopic (exact) mass is 465 g/mol. The van der Waals surface area contributed by atoms with Gasteiger partial charge in [-0.3, -0.25) is 4.79 Å². The molecule has 0 radical (unpaired) electrons. The predicted molar refractivity (Wildman–Crippen MR) is 114 cm³/mol. The van der Waals surface area contributed by atoms with Crippen LogP contribution in [0.5, 0.6) is 0 Å². The van der Waals surface area contributed by atoms with E-state index in [2.05, 4.69) is 16.0 Å². The number of halogens is 3. The Morgan fingerprint density at radius 3 is 2.78 bits per heavy atom. The zero-order chi connectivity index (χ0) is 22.7. The smallest absolute Gasteiger partial charge is 0.407 e. The van der Waals surface area contributed by atoms with Gasteiger partial charge in [0.2, 0.25) is 0 Å². The van der Waals surface area contributed by atoms with Crippen molar-refractivity contribution in [3.8, 4) is 0 Å². The summed E-state index contributed by atoms with van der Waals surface area (Å²) < 4.78 is 38.5. The number of nitrogens with one attached hydrogen (secondary N) is 3. The molecule has 1 fully saturated rings. The summed E-state index contributed by atoms with van der Waals surface area (Å²) in [5.41, 5.74) is 1.38. The Kier molecular flexibility index (Phi) is 6.88. The van der Waals surface area contributed by atoms with Crippen molar-refractivity contribution in [2.45, 2.75) is 24.9 Å². The molecule has 2 aromatic rings. The Labute approximate surface area is 188 Å². The number of morpholine rings is 1. The van der Waals surface area contributed by atoms with Crippen molar-refractivity contribution >= 4 is 29.3 Å². The molecule has 1 aliphatic heterocycles. The minimum Gasteiger partial charge on any atom is -0.448 e. The van der Waals surface area contributed by atoms with Gasteiger partial charge in [-0.2, -0.15) is 0 Å². The lowest BCUT2D eigenvalue weighted by Gasteiger charge is -2.24. The molecule has 7 nitrogen and oxygen atoms in total. The Balaban J connectivity index is 1.44. The second-order valence-electron chi connectivity index (χ2n) is 7.63. The maximum atomic E-state index is 14.6. The standard InChI is InChI=1S/C22H22ClF2N3O4/c23-16-9-12(1-4-17(16)24)27-21(29)15-2-5-18(25)20-14(15)3-6-19(20)28-22(30)32-11-13-10-31-8-7-26-13/h1-2,4-5,9,13,19,26H,3,6-8,10-11H2,(H,27,29)(H,28,30)/t13-,19-/m0/s1. The fourth-order valence-corrected chi connectivity index (χ4v) is 4.11. The highest BCUT2D eigenvalue weighted by Crippen LogP contribution is 2.36. The molecule has 2 amide bonds. The topological polar surface area (TPSA) is 88.7 Å². The summed E-state index contributed by atoms with van der Waals surface area (Å²) in [4.78, 5) is 25.0. The highest BCUT2D eigenvalue weighted by Gasteiger charge is 2.31. The molecule has 0 aromatic heterocycles. The molecule has 10 heteroatoms. The van der Waals surface area contributed by atoms with Gasteiger partial charge in [-0.05, 0) is 48.7 Å². The van der Waals surface area contributed by atoms with Gasteiger partial charge >= 0.3 is 6.09 Å². The first-order chi connectivity index (χ1) is 15.4. The number of alkyl carbamates (subject to hydrolysis) is 1. The minimum atomic E-state index is -0.662. The first kappa shape index (κ1) is 22.4. The van der Waals surface area contributed by atoms with Gasteiger partial charge in [0.1, 0.15) is 18.2 Å². The van der Waals surface area contributed by atoms with Crippen molar-refractivity contribution in [3.63, 3.8) is 0 Å². The summed E-state index contributed by atoms with van der Waals surface area (Å²) in [5, 5.41) is 8.38. The predicted octanol–water partition coefficient (Wildman–Crippen LogP) is 3.57. The van der Waals surface area contributed by atoms with E-state index >= 15 is 0 Å². The summed E-state index contributed by atoms with van der Waals surface area (Å²) in [5.74, 6) is -1.58. The molecular weight excluding hydrogens is 444 g/mol. The molecule has 1 heterocycles. The van der Waals surface area contributed by atoms with Crippen molar-refractivity contribution < 1.29 is 27.8 Å². The number of hydrogen-bond acceptors (Lipinski definition) is 5. The fraction of sp³-hybridized carbons (Fsp3) is 0.364. The molecule has 0 bridgehead atoms. The van der Waals surface area contributed by atoms with Gasteiger partial charge in [-0.25, -0.2) is 13.6 Å². The average molecular weight is 466 g/mol. The van der Waals surface area contributed by atoms with Crippen LogP contribution >= 0.6 is 11.6 Å². The SMILES string of the molecule is O=C(N[C@H]1CCc2c(C(=O)Nc3ccc(F)c(Cl)c3)ccc(F)c21)OC[C@@H]1COCCN1. The average Bonchev–Trinajstić information content (AvgIpc) is 3.20. The van der Waals surface area contributed by atoms with Gasteiger partial charge in [-0.1, -0.05) is 11.6 Å². The highest BCUT2D eigenvalue weighted by molar-refractivity contribution is 6.31. The van der Waals surface area contributed by atoms with E-state index in [0.717, 1.165) is 6.07 Å². The minimum absolute atomic E-state index is 0.0858. The number of ether oxygens (including phenoxy) is 2. The Hall–Kier alpha value is -2.75. The van der Waals surface area contributed by atoms with Crippen LogP contribution in [0.3, 0.4) is 0 Å². The van der Waals surface area contributed by atoms with Crippen LogP contribution < -0.4 is 16.0 Å². The number of carbonyl (C=O) groups excluding carboxylic acids is 2. The summed E-state index contributed by atoms with van der Waals surface area (Å²) in [6, 6.07) is 5.72. The van der Waals surface area contributed by atoms with E-state index in [4.69, 9.17) is 21.1 Å². The van der Waals surface area contributed by atoms with Crippen LogP contribution in [0.2, 0.25) is 5.02 Å². The maximum Gasteiger partial charge on any atom is 0.407 e. The number of carbonyl (C=O) groups is 2. The van der Waals surface area contributed by atoms with E-state index in [-0.39, 0.29) is 28.8 Å². The van der Waals surface area contributed by atoms with E-state index in [9.17, 15) is 18.4 Å². The molecule has 1 aliphatic carbocycles. The Morgan fingerprint density at radius 1 is 1.22 bits per heavy atom. The van der Waals surface area contributed by atoms with Crippen LogP contribution in [0.4, 0.5) is 19.3 Å². The molecule has 2 aliphatic rings. The van der Waals surface area contributed by atoms with E-state index in [0.29, 0.717) is 43.9 Å². The van der Waals surface area contributed by atoms with E-state index in [1.165, 1.54) is 24.3 Å². The molecule has 0 saturated carbocycles. The van der Waals surface area contributed by atoms with Crippen LogP contribution in [-0.4, -0.2) is 44.4 Å². The molecule has 2 atom stereocenters. The lowest BCUT2D eigenvalue weighted by molar-refractivity contribution is 0.0461. The Morgan fingerprint density at radius 2 is 2.03 bits per heavy atom. The van der Waals surface area contributed by atoms with Crippen LogP contribution in [0.1, 0.15) is 33.9 Å². The van der Waals surface area contributed by atoms with Crippen molar-refractivity contribution in [1.29, 1.82) is 0 Å². The Bertz CT molecular complexity index is 1030. The molecular formula is C22H22ClF2N3O4. The van der Waals surface area contributed by atoms with Gasteiger partial charge in [0.25, 0.3) is 5.91 Å². The molecule has 4 rings (SSSR count).